The van der Waals surface area contributed by atoms with Gasteiger partial charge in [0, 0.05) is 16.7 Å². The first kappa shape index (κ1) is 39.2. The minimum absolute atomic E-state index is 0.599. The molecule has 0 amide bonds. The van der Waals surface area contributed by atoms with Crippen molar-refractivity contribution in [2.75, 3.05) is 0 Å². The molecule has 63 heavy (non-hydrogen) atoms. The van der Waals surface area contributed by atoms with Crippen molar-refractivity contribution in [2.45, 2.75) is 17.8 Å². The van der Waals surface area contributed by atoms with E-state index in [1.807, 2.05) is 0 Å². The van der Waals surface area contributed by atoms with Crippen LogP contribution in [-0.2, 0) is 10.8 Å². The fraction of sp³-hybridized carbons (Fsp3) is 0.0492. The molecule has 10 rings (SSSR count). The molecule has 0 aliphatic rings. The molecule has 1 heterocycles. The minimum atomic E-state index is -0.599. The van der Waals surface area contributed by atoms with Gasteiger partial charge in [-0.05, 0) is 75.2 Å². The quantitative estimate of drug-likeness (QED) is 0.122. The molecule has 0 fully saturated rings. The first-order valence-corrected chi connectivity index (χ1v) is 21.7. The van der Waals surface area contributed by atoms with E-state index < -0.39 is 10.8 Å². The first-order valence-electron chi connectivity index (χ1n) is 21.7. The van der Waals surface area contributed by atoms with Gasteiger partial charge >= 0.3 is 0 Å². The average molecular weight is 807 g/mol. The Balaban J connectivity index is 1.21. The normalized spacial score (nSPS) is 11.6. The Morgan fingerprint density at radius 1 is 0.270 bits per heavy atom. The predicted molar refractivity (Wildman–Crippen MR) is 260 cm³/mol. The highest BCUT2D eigenvalue weighted by atomic mass is 14.9. The van der Waals surface area contributed by atoms with Crippen LogP contribution in [0, 0.1) is 6.92 Å². The molecule has 0 saturated heterocycles. The molecule has 2 heteroatoms. The van der Waals surface area contributed by atoms with E-state index in [4.69, 9.17) is 9.97 Å². The van der Waals surface area contributed by atoms with E-state index in [1.54, 1.807) is 0 Å². The molecule has 0 atom stereocenters. The smallest absolute Gasteiger partial charge is 0.160 e. The monoisotopic (exact) mass is 806 g/mol. The van der Waals surface area contributed by atoms with Crippen molar-refractivity contribution in [3.8, 4) is 33.9 Å². The number of aromatic nitrogens is 2. The van der Waals surface area contributed by atoms with Crippen LogP contribution in [0.25, 0.3) is 33.9 Å². The summed E-state index contributed by atoms with van der Waals surface area (Å²) in [5.41, 5.74) is 14.1. The summed E-state index contributed by atoms with van der Waals surface area (Å²) in [5.74, 6) is 0.692. The molecule has 0 unspecified atom stereocenters. The summed E-state index contributed by atoms with van der Waals surface area (Å²) < 4.78 is 0. The second-order valence-electron chi connectivity index (χ2n) is 16.1. The van der Waals surface area contributed by atoms with Crippen LogP contribution in [0.2, 0.25) is 0 Å². The van der Waals surface area contributed by atoms with E-state index in [2.05, 4.69) is 268 Å². The van der Waals surface area contributed by atoms with E-state index in [1.165, 1.54) is 33.4 Å². The minimum Gasteiger partial charge on any atom is -0.228 e. The van der Waals surface area contributed by atoms with Crippen LogP contribution in [0.1, 0.15) is 50.1 Å². The van der Waals surface area contributed by atoms with Gasteiger partial charge in [0.25, 0.3) is 0 Å². The zero-order valence-corrected chi connectivity index (χ0v) is 35.2. The van der Waals surface area contributed by atoms with Gasteiger partial charge in [-0.1, -0.05) is 243 Å². The summed E-state index contributed by atoms with van der Waals surface area (Å²) in [7, 11) is 0. The largest absolute Gasteiger partial charge is 0.228 e. The highest BCUT2D eigenvalue weighted by molar-refractivity contribution is 5.75. The summed E-state index contributed by atoms with van der Waals surface area (Å²) in [5, 5.41) is 0. The SMILES string of the molecule is Cc1ccccc1-c1nc(-c2cccc(C(c3ccccc3)(c3ccccc3)c3ccccc3)c2)cc(-c2cccc(C(c3ccccc3)(c3ccccc3)c3ccccc3)c2)n1. The third-order valence-electron chi connectivity index (χ3n) is 12.5. The molecule has 0 aliphatic heterocycles. The molecular formula is C61H46N2. The molecule has 300 valence electrons. The van der Waals surface area contributed by atoms with E-state index in [-0.39, 0.29) is 0 Å². The topological polar surface area (TPSA) is 25.8 Å². The summed E-state index contributed by atoms with van der Waals surface area (Å²) in [6, 6.07) is 93.7. The highest BCUT2D eigenvalue weighted by Crippen LogP contribution is 2.48. The molecular weight excluding hydrogens is 761 g/mol. The molecule has 0 spiro atoms. The zero-order chi connectivity index (χ0) is 42.5. The molecule has 0 bridgehead atoms. The molecule has 9 aromatic carbocycles. The van der Waals surface area contributed by atoms with Crippen molar-refractivity contribution >= 4 is 0 Å². The van der Waals surface area contributed by atoms with Crippen molar-refractivity contribution in [3.05, 3.63) is 311 Å². The van der Waals surface area contributed by atoms with Crippen molar-refractivity contribution < 1.29 is 0 Å². The van der Waals surface area contributed by atoms with E-state index in [9.17, 15) is 0 Å². The fourth-order valence-electron chi connectivity index (χ4n) is 9.64. The summed E-state index contributed by atoms with van der Waals surface area (Å²) >= 11 is 0. The number of hydrogen-bond acceptors (Lipinski definition) is 2. The van der Waals surface area contributed by atoms with Crippen molar-refractivity contribution in [2.24, 2.45) is 0 Å². The molecule has 0 N–H and O–H groups in total. The van der Waals surface area contributed by atoms with Gasteiger partial charge in [-0.3, -0.25) is 0 Å². The van der Waals surface area contributed by atoms with E-state index in [0.29, 0.717) is 5.82 Å². The van der Waals surface area contributed by atoms with Crippen LogP contribution in [0.5, 0.6) is 0 Å². The average Bonchev–Trinajstić information content (AvgIpc) is 3.37. The van der Waals surface area contributed by atoms with E-state index >= 15 is 0 Å². The number of aryl methyl sites for hydroxylation is 1. The van der Waals surface area contributed by atoms with Gasteiger partial charge in [-0.2, -0.15) is 0 Å². The maximum atomic E-state index is 5.40. The molecule has 0 aliphatic carbocycles. The Kier molecular flexibility index (Phi) is 10.7. The van der Waals surface area contributed by atoms with Crippen LogP contribution in [-0.4, -0.2) is 9.97 Å². The van der Waals surface area contributed by atoms with Crippen LogP contribution in [0.4, 0.5) is 0 Å². The molecule has 2 nitrogen and oxygen atoms in total. The number of nitrogens with zero attached hydrogens (tertiary/aromatic N) is 2. The van der Waals surface area contributed by atoms with Gasteiger partial charge in [0.2, 0.25) is 0 Å². The second kappa shape index (κ2) is 17.2. The molecule has 0 radical (unpaired) electrons. The van der Waals surface area contributed by atoms with Gasteiger partial charge in [-0.15, -0.1) is 0 Å². The third-order valence-corrected chi connectivity index (χ3v) is 12.5. The lowest BCUT2D eigenvalue weighted by Crippen LogP contribution is -2.31. The Labute approximate surface area is 370 Å². The van der Waals surface area contributed by atoms with Crippen LogP contribution in [0.3, 0.4) is 0 Å². The Morgan fingerprint density at radius 2 is 0.556 bits per heavy atom. The highest BCUT2D eigenvalue weighted by Gasteiger charge is 2.40. The zero-order valence-electron chi connectivity index (χ0n) is 35.2. The van der Waals surface area contributed by atoms with Crippen LogP contribution >= 0.6 is 0 Å². The van der Waals surface area contributed by atoms with Gasteiger partial charge in [0.05, 0.1) is 22.2 Å². The number of rotatable bonds is 11. The maximum absolute atomic E-state index is 5.40. The van der Waals surface area contributed by atoms with Crippen LogP contribution < -0.4 is 0 Å². The summed E-state index contributed by atoms with van der Waals surface area (Å²) in [6.07, 6.45) is 0. The number of hydrogen-bond donors (Lipinski definition) is 0. The van der Waals surface area contributed by atoms with Gasteiger partial charge in [-0.25, -0.2) is 9.97 Å². The third kappa shape index (κ3) is 7.16. The lowest BCUT2D eigenvalue weighted by molar-refractivity contribution is 0.745. The lowest BCUT2D eigenvalue weighted by Gasteiger charge is -2.37. The lowest BCUT2D eigenvalue weighted by atomic mass is 9.65. The molecule has 0 saturated carbocycles. The summed E-state index contributed by atoms with van der Waals surface area (Å²) in [4.78, 5) is 10.8. The fourth-order valence-corrected chi connectivity index (χ4v) is 9.64. The Morgan fingerprint density at radius 3 is 0.873 bits per heavy atom. The molecule has 1 aromatic heterocycles. The van der Waals surface area contributed by atoms with Crippen molar-refractivity contribution in [3.63, 3.8) is 0 Å². The first-order chi connectivity index (χ1) is 31.2. The number of benzene rings is 9. The van der Waals surface area contributed by atoms with Crippen molar-refractivity contribution in [1.29, 1.82) is 0 Å². The molecule has 10 aromatic rings. The van der Waals surface area contributed by atoms with Gasteiger partial charge < -0.3 is 0 Å². The Bertz CT molecular complexity index is 2710. The van der Waals surface area contributed by atoms with Gasteiger partial charge in [0.15, 0.2) is 5.82 Å². The predicted octanol–water partition coefficient (Wildman–Crippen LogP) is 14.6. The van der Waals surface area contributed by atoms with E-state index in [0.717, 1.165) is 44.8 Å². The van der Waals surface area contributed by atoms with Crippen molar-refractivity contribution in [1.82, 2.24) is 9.97 Å². The van der Waals surface area contributed by atoms with Gasteiger partial charge in [0.1, 0.15) is 0 Å². The Hall–Kier alpha value is -7.94. The maximum Gasteiger partial charge on any atom is 0.160 e. The van der Waals surface area contributed by atoms with Crippen LogP contribution in [0.15, 0.2) is 261 Å². The summed E-state index contributed by atoms with van der Waals surface area (Å²) in [6.45, 7) is 2.13. The standard InChI is InChI=1S/C61H46N2/c1-45-24-20-21-41-56(45)59-62-57(46-25-22-39-54(42-46)60(48-27-8-2-9-28-48,49-29-10-3-11-30-49)50-31-12-4-13-32-50)44-58(63-59)47-26-23-40-55(43-47)61(51-33-14-5-15-34-51,52-35-16-6-17-36-52)53-37-18-7-19-38-53/h2-44H,1H3. The second-order valence-corrected chi connectivity index (χ2v) is 16.1.